The van der Waals surface area contributed by atoms with Gasteiger partial charge in [0.1, 0.15) is 17.8 Å². The van der Waals surface area contributed by atoms with E-state index in [1.807, 2.05) is 36.4 Å². The number of Topliss-reactive ketones (excluding diaryl/α,β-unsaturated/α-hetero) is 1. The van der Waals surface area contributed by atoms with Crippen molar-refractivity contribution < 1.29 is 19.1 Å². The van der Waals surface area contributed by atoms with Gasteiger partial charge >= 0.3 is 5.97 Å². The summed E-state index contributed by atoms with van der Waals surface area (Å²) in [6, 6.07) is 15.2. The summed E-state index contributed by atoms with van der Waals surface area (Å²) in [4.78, 5) is 27.2. The molecule has 2 aromatic carbocycles. The monoisotopic (exact) mass is 491 g/mol. The van der Waals surface area contributed by atoms with Crippen LogP contribution in [0.4, 0.5) is 0 Å². The highest BCUT2D eigenvalue weighted by molar-refractivity contribution is 6.30. The molecule has 0 aromatic heterocycles. The van der Waals surface area contributed by atoms with E-state index in [-0.39, 0.29) is 23.8 Å². The van der Waals surface area contributed by atoms with E-state index in [2.05, 4.69) is 11.9 Å². The van der Waals surface area contributed by atoms with E-state index in [0.29, 0.717) is 29.1 Å². The molecule has 5 nitrogen and oxygen atoms in total. The third-order valence-corrected chi connectivity index (χ3v) is 7.74. The average molecular weight is 492 g/mol. The molecule has 6 heteroatoms. The van der Waals surface area contributed by atoms with Gasteiger partial charge in [-0.3, -0.25) is 9.59 Å². The summed E-state index contributed by atoms with van der Waals surface area (Å²) in [5.74, 6) is -0.679. The molecule has 1 aliphatic heterocycles. The maximum atomic E-state index is 13.7. The Kier molecular flexibility index (Phi) is 6.70. The van der Waals surface area contributed by atoms with E-state index in [0.717, 1.165) is 48.3 Å². The van der Waals surface area contributed by atoms with Crippen LogP contribution >= 0.6 is 11.6 Å². The normalized spacial score (nSPS) is 24.7. The molecule has 0 spiro atoms. The number of nitrogens with one attached hydrogen (secondary N) is 1. The number of hydrogen-bond donors (Lipinski definition) is 1. The summed E-state index contributed by atoms with van der Waals surface area (Å²) in [5, 5.41) is 3.95. The predicted octanol–water partition coefficient (Wildman–Crippen LogP) is 6.05. The van der Waals surface area contributed by atoms with Gasteiger partial charge in [0.05, 0.1) is 7.11 Å². The first kappa shape index (κ1) is 23.7. The van der Waals surface area contributed by atoms with Gasteiger partial charge in [-0.1, -0.05) is 48.5 Å². The number of carbonyl (C=O) groups excluding carboxylic acids is 2. The smallest absolute Gasteiger partial charge is 0.316 e. The maximum absolute atomic E-state index is 13.7. The van der Waals surface area contributed by atoms with Gasteiger partial charge in [-0.2, -0.15) is 0 Å². The number of para-hydroxylation sites is 1. The topological polar surface area (TPSA) is 64.6 Å². The summed E-state index contributed by atoms with van der Waals surface area (Å²) in [5.41, 5.74) is 3.92. The summed E-state index contributed by atoms with van der Waals surface area (Å²) < 4.78 is 11.5. The van der Waals surface area contributed by atoms with Gasteiger partial charge in [0, 0.05) is 40.2 Å². The highest BCUT2D eigenvalue weighted by Gasteiger charge is 2.46. The molecule has 1 N–H and O–H groups in total. The zero-order valence-corrected chi connectivity index (χ0v) is 20.6. The molecule has 35 heavy (non-hydrogen) atoms. The largest absolute Gasteiger partial charge is 0.496 e. The SMILES string of the molecule is C=C1NC2=C(C(=O)CC(c3ccccc3OC)C2)C(c2ccc(Cl)cc2)C1C(=O)OC1CCCC1. The first-order valence-corrected chi connectivity index (χ1v) is 12.6. The Hall–Kier alpha value is -3.05. The molecule has 3 atom stereocenters. The first-order chi connectivity index (χ1) is 17.0. The number of halogens is 1. The van der Waals surface area contributed by atoms with Crippen LogP contribution in [0.25, 0.3) is 0 Å². The molecule has 182 valence electrons. The van der Waals surface area contributed by atoms with Gasteiger partial charge in [-0.05, 0) is 61.4 Å². The Morgan fingerprint density at radius 3 is 2.49 bits per heavy atom. The molecule has 1 fully saturated rings. The third-order valence-electron chi connectivity index (χ3n) is 7.49. The molecule has 0 saturated heterocycles. The molecule has 0 radical (unpaired) electrons. The first-order valence-electron chi connectivity index (χ1n) is 12.3. The fourth-order valence-corrected chi connectivity index (χ4v) is 5.95. The van der Waals surface area contributed by atoms with Crippen LogP contribution in [0.2, 0.25) is 5.02 Å². The number of esters is 1. The predicted molar refractivity (Wildman–Crippen MR) is 135 cm³/mol. The molecule has 0 amide bonds. The van der Waals surface area contributed by atoms with Gasteiger partial charge in [-0.25, -0.2) is 0 Å². The van der Waals surface area contributed by atoms with Crippen LogP contribution < -0.4 is 10.1 Å². The van der Waals surface area contributed by atoms with Crippen LogP contribution in [0.3, 0.4) is 0 Å². The molecule has 1 heterocycles. The number of ketones is 1. The Balaban J connectivity index is 1.54. The maximum Gasteiger partial charge on any atom is 0.316 e. The lowest BCUT2D eigenvalue weighted by molar-refractivity contribution is -0.153. The minimum absolute atomic E-state index is 0.0226. The van der Waals surface area contributed by atoms with Crippen LogP contribution in [-0.4, -0.2) is 25.0 Å². The number of carbonyl (C=O) groups is 2. The van der Waals surface area contributed by atoms with Gasteiger partial charge in [0.15, 0.2) is 5.78 Å². The molecule has 2 aliphatic carbocycles. The minimum Gasteiger partial charge on any atom is -0.496 e. The van der Waals surface area contributed by atoms with Crippen LogP contribution in [0.15, 0.2) is 72.1 Å². The van der Waals surface area contributed by atoms with Crippen molar-refractivity contribution >= 4 is 23.4 Å². The number of hydrogen-bond acceptors (Lipinski definition) is 5. The second-order valence-corrected chi connectivity index (χ2v) is 10.1. The van der Waals surface area contributed by atoms with Crippen molar-refractivity contribution in [2.45, 2.75) is 56.5 Å². The van der Waals surface area contributed by atoms with Crippen molar-refractivity contribution in [1.29, 1.82) is 0 Å². The third kappa shape index (κ3) is 4.62. The molecule has 3 aliphatic rings. The van der Waals surface area contributed by atoms with E-state index >= 15 is 0 Å². The van der Waals surface area contributed by atoms with Crippen LogP contribution in [0.5, 0.6) is 5.75 Å². The van der Waals surface area contributed by atoms with Crippen molar-refractivity contribution in [3.8, 4) is 5.75 Å². The molecule has 3 unspecified atom stereocenters. The lowest BCUT2D eigenvalue weighted by Gasteiger charge is -2.40. The van der Waals surface area contributed by atoms with Crippen LogP contribution in [0, 0.1) is 5.92 Å². The minimum atomic E-state index is -0.678. The fraction of sp³-hybridized carbons (Fsp3) is 0.379. The second kappa shape index (κ2) is 9.90. The van der Waals surface area contributed by atoms with Gasteiger partial charge in [0.2, 0.25) is 0 Å². The molecular formula is C29H30ClNO4. The Labute approximate surface area is 211 Å². The number of benzene rings is 2. The Bertz CT molecular complexity index is 1180. The number of rotatable bonds is 5. The molecule has 5 rings (SSSR count). The molecule has 2 aromatic rings. The van der Waals surface area contributed by atoms with E-state index in [1.165, 1.54) is 0 Å². The van der Waals surface area contributed by atoms with E-state index < -0.39 is 11.8 Å². The van der Waals surface area contributed by atoms with Crippen LogP contribution in [-0.2, 0) is 14.3 Å². The van der Waals surface area contributed by atoms with E-state index in [9.17, 15) is 9.59 Å². The lowest BCUT2D eigenvalue weighted by Crippen LogP contribution is -2.42. The van der Waals surface area contributed by atoms with E-state index in [4.69, 9.17) is 21.1 Å². The standard InChI is InChI=1S/C29H30ClNO4/c1-17-26(29(33)35-21-7-3-4-8-21)27(18-11-13-20(30)14-12-18)28-23(31-17)15-19(16-24(28)32)22-9-5-6-10-25(22)34-2/h5-6,9-14,19,21,26-27,31H,1,3-4,7-8,15-16H2,2H3. The highest BCUT2D eigenvalue weighted by Crippen LogP contribution is 2.48. The zero-order valence-electron chi connectivity index (χ0n) is 19.9. The second-order valence-electron chi connectivity index (χ2n) is 9.66. The summed E-state index contributed by atoms with van der Waals surface area (Å²) in [7, 11) is 1.64. The van der Waals surface area contributed by atoms with Gasteiger partial charge in [-0.15, -0.1) is 0 Å². The fourth-order valence-electron chi connectivity index (χ4n) is 5.82. The van der Waals surface area contributed by atoms with Gasteiger partial charge in [0.25, 0.3) is 0 Å². The quantitative estimate of drug-likeness (QED) is 0.515. The lowest BCUT2D eigenvalue weighted by atomic mass is 9.69. The van der Waals surface area contributed by atoms with Crippen molar-refractivity contribution in [3.63, 3.8) is 0 Å². The summed E-state index contributed by atoms with van der Waals surface area (Å²) in [6.45, 7) is 4.22. The highest BCUT2D eigenvalue weighted by atomic mass is 35.5. The Morgan fingerprint density at radius 1 is 1.06 bits per heavy atom. The van der Waals surface area contributed by atoms with Crippen molar-refractivity contribution in [2.24, 2.45) is 5.92 Å². The van der Waals surface area contributed by atoms with E-state index in [1.54, 1.807) is 19.2 Å². The average Bonchev–Trinajstić information content (AvgIpc) is 3.36. The molecular weight excluding hydrogens is 462 g/mol. The Morgan fingerprint density at radius 2 is 1.77 bits per heavy atom. The number of ether oxygens (including phenoxy) is 2. The zero-order chi connectivity index (χ0) is 24.5. The molecule has 0 bridgehead atoms. The molecule has 1 saturated carbocycles. The van der Waals surface area contributed by atoms with Crippen molar-refractivity contribution in [3.05, 3.63) is 88.2 Å². The van der Waals surface area contributed by atoms with Gasteiger partial charge < -0.3 is 14.8 Å². The van der Waals surface area contributed by atoms with Crippen LogP contribution in [0.1, 0.15) is 61.5 Å². The number of allylic oxidation sites excluding steroid dienone is 2. The van der Waals surface area contributed by atoms with Crippen molar-refractivity contribution in [1.82, 2.24) is 5.32 Å². The summed E-state index contributed by atoms with van der Waals surface area (Å²) in [6.07, 6.45) is 4.83. The summed E-state index contributed by atoms with van der Waals surface area (Å²) >= 11 is 6.16. The van der Waals surface area contributed by atoms with Crippen molar-refractivity contribution in [2.75, 3.05) is 7.11 Å². The number of methoxy groups -OCH3 is 1.